The molecular formula is C18H17BrN4O4S. The summed E-state index contributed by atoms with van der Waals surface area (Å²) in [6.45, 7) is 3.74. The molecular weight excluding hydrogens is 448 g/mol. The number of halogens is 1. The number of carbonyl (C=O) groups excluding carboxylic acids is 2. The van der Waals surface area contributed by atoms with Crippen LogP contribution in [0.2, 0.25) is 0 Å². The van der Waals surface area contributed by atoms with Gasteiger partial charge in [0.15, 0.2) is 11.5 Å². The Hall–Kier alpha value is -2.59. The Balaban J connectivity index is 1.89. The van der Waals surface area contributed by atoms with E-state index >= 15 is 0 Å². The number of anilines is 1. The molecule has 0 spiro atoms. The highest BCUT2D eigenvalue weighted by Crippen LogP contribution is 2.37. The number of hydrogen-bond acceptors (Lipinski definition) is 8. The summed E-state index contributed by atoms with van der Waals surface area (Å²) in [6, 6.07) is 3.06. The molecule has 3 N–H and O–H groups in total. The molecule has 0 unspecified atom stereocenters. The summed E-state index contributed by atoms with van der Waals surface area (Å²) < 4.78 is 6.32. The quantitative estimate of drug-likeness (QED) is 0.660. The maximum atomic E-state index is 12.1. The summed E-state index contributed by atoms with van der Waals surface area (Å²) in [5.41, 5.74) is 8.38. The highest BCUT2D eigenvalue weighted by Gasteiger charge is 2.32. The number of benzene rings is 1. The summed E-state index contributed by atoms with van der Waals surface area (Å²) in [5, 5.41) is 9.88. The number of imide groups is 1. The maximum absolute atomic E-state index is 12.1. The standard InChI is InChI=1S/C18H17BrN4O4S/c1-8-11(9(2)22-17(20)21-8)7-27-14-4-10(12(19)6-13(14)24)5-15-16(25)23(3)18(26)28-15/h4-6,24H,7H2,1-3H3,(H2,20,21,22)/b15-5-. The molecule has 1 aromatic heterocycles. The van der Waals surface area contributed by atoms with E-state index < -0.39 is 0 Å². The zero-order chi connectivity index (χ0) is 20.6. The second-order valence-electron chi connectivity index (χ2n) is 6.10. The molecule has 0 aliphatic carbocycles. The van der Waals surface area contributed by atoms with E-state index in [2.05, 4.69) is 25.9 Å². The first-order valence-electron chi connectivity index (χ1n) is 8.14. The molecule has 1 aliphatic heterocycles. The predicted octanol–water partition coefficient (Wildman–Crippen LogP) is 3.39. The second kappa shape index (κ2) is 7.80. The number of phenolic OH excluding ortho intramolecular Hbond substituents is 1. The van der Waals surface area contributed by atoms with Gasteiger partial charge in [0.2, 0.25) is 5.95 Å². The van der Waals surface area contributed by atoms with E-state index in [1.54, 1.807) is 26.0 Å². The third kappa shape index (κ3) is 3.97. The van der Waals surface area contributed by atoms with Gasteiger partial charge in [0, 0.05) is 28.5 Å². The van der Waals surface area contributed by atoms with Crippen molar-refractivity contribution in [3.63, 3.8) is 0 Å². The van der Waals surface area contributed by atoms with E-state index in [4.69, 9.17) is 10.5 Å². The number of nitrogens with zero attached hydrogens (tertiary/aromatic N) is 3. The van der Waals surface area contributed by atoms with Crippen LogP contribution in [0.25, 0.3) is 6.08 Å². The van der Waals surface area contributed by atoms with E-state index in [1.807, 2.05) is 0 Å². The van der Waals surface area contributed by atoms with Gasteiger partial charge in [-0.25, -0.2) is 9.97 Å². The van der Waals surface area contributed by atoms with Crippen LogP contribution in [-0.4, -0.2) is 38.2 Å². The third-order valence-electron chi connectivity index (χ3n) is 4.16. The number of aromatic nitrogens is 2. The Labute approximate surface area is 173 Å². The number of nitrogens with two attached hydrogens (primary N) is 1. The lowest BCUT2D eigenvalue weighted by Gasteiger charge is -2.13. The molecule has 0 radical (unpaired) electrons. The lowest BCUT2D eigenvalue weighted by atomic mass is 10.1. The van der Waals surface area contributed by atoms with Crippen molar-refractivity contribution in [3.8, 4) is 11.5 Å². The first-order valence-corrected chi connectivity index (χ1v) is 9.74. The van der Waals surface area contributed by atoms with Crippen molar-refractivity contribution in [3.05, 3.63) is 44.0 Å². The van der Waals surface area contributed by atoms with Crippen LogP contribution in [0.4, 0.5) is 10.7 Å². The Morgan fingerprint density at radius 3 is 2.50 bits per heavy atom. The third-order valence-corrected chi connectivity index (χ3v) is 5.81. The fourth-order valence-corrected chi connectivity index (χ4v) is 3.86. The van der Waals surface area contributed by atoms with Crippen molar-refractivity contribution in [2.75, 3.05) is 12.8 Å². The minimum absolute atomic E-state index is 0.0701. The van der Waals surface area contributed by atoms with Crippen molar-refractivity contribution in [1.82, 2.24) is 14.9 Å². The van der Waals surface area contributed by atoms with Crippen LogP contribution in [0.3, 0.4) is 0 Å². The van der Waals surface area contributed by atoms with E-state index in [9.17, 15) is 14.7 Å². The minimum Gasteiger partial charge on any atom is -0.504 e. The maximum Gasteiger partial charge on any atom is 0.293 e. The summed E-state index contributed by atoms with van der Waals surface area (Å²) in [5.74, 6) is -0.0276. The average molecular weight is 465 g/mol. The van der Waals surface area contributed by atoms with Gasteiger partial charge >= 0.3 is 0 Å². The number of rotatable bonds is 4. The first kappa shape index (κ1) is 20.2. The van der Waals surface area contributed by atoms with Gasteiger partial charge in [0.25, 0.3) is 11.1 Å². The molecule has 0 bridgehead atoms. The number of ether oxygens (including phenoxy) is 1. The topological polar surface area (TPSA) is 119 Å². The van der Waals surface area contributed by atoms with Gasteiger partial charge in [-0.15, -0.1) is 0 Å². The van der Waals surface area contributed by atoms with Gasteiger partial charge in [0.05, 0.1) is 4.91 Å². The van der Waals surface area contributed by atoms with Gasteiger partial charge < -0.3 is 15.6 Å². The molecule has 8 nitrogen and oxygen atoms in total. The molecule has 1 aromatic carbocycles. The number of phenols is 1. The normalized spacial score (nSPS) is 15.6. The lowest BCUT2D eigenvalue weighted by Crippen LogP contribution is -2.22. The molecule has 0 atom stereocenters. The molecule has 1 fully saturated rings. The zero-order valence-electron chi connectivity index (χ0n) is 15.3. The van der Waals surface area contributed by atoms with Crippen molar-refractivity contribution < 1.29 is 19.4 Å². The van der Waals surface area contributed by atoms with Gasteiger partial charge in [0.1, 0.15) is 6.61 Å². The second-order valence-corrected chi connectivity index (χ2v) is 7.95. The molecule has 2 aromatic rings. The van der Waals surface area contributed by atoms with Crippen molar-refractivity contribution in [2.45, 2.75) is 20.5 Å². The van der Waals surface area contributed by atoms with Crippen LogP contribution in [-0.2, 0) is 11.4 Å². The van der Waals surface area contributed by atoms with Crippen LogP contribution in [0.1, 0.15) is 22.5 Å². The molecule has 1 saturated heterocycles. The Morgan fingerprint density at radius 2 is 1.93 bits per heavy atom. The number of aromatic hydroxyl groups is 1. The Kier molecular flexibility index (Phi) is 5.61. The highest BCUT2D eigenvalue weighted by atomic mass is 79.9. The van der Waals surface area contributed by atoms with E-state index in [0.29, 0.717) is 26.3 Å². The Bertz CT molecular complexity index is 1000. The van der Waals surface area contributed by atoms with E-state index in [-0.39, 0.29) is 35.2 Å². The summed E-state index contributed by atoms with van der Waals surface area (Å²) in [4.78, 5) is 33.4. The fourth-order valence-electron chi connectivity index (χ4n) is 2.60. The SMILES string of the molecule is Cc1nc(N)nc(C)c1COc1cc(/C=C2\SC(=O)N(C)C2=O)c(Br)cc1O. The molecule has 2 amide bonds. The number of aryl methyl sites for hydroxylation is 2. The van der Waals surface area contributed by atoms with Gasteiger partial charge in [-0.1, -0.05) is 15.9 Å². The molecule has 146 valence electrons. The fraction of sp³-hybridized carbons (Fsp3) is 0.222. The highest BCUT2D eigenvalue weighted by molar-refractivity contribution is 9.10. The Morgan fingerprint density at radius 1 is 1.29 bits per heavy atom. The lowest BCUT2D eigenvalue weighted by molar-refractivity contribution is -0.121. The van der Waals surface area contributed by atoms with Gasteiger partial charge in [-0.3, -0.25) is 14.5 Å². The van der Waals surface area contributed by atoms with E-state index in [0.717, 1.165) is 22.2 Å². The number of amides is 2. The summed E-state index contributed by atoms with van der Waals surface area (Å²) in [7, 11) is 1.43. The number of nitrogen functional groups attached to an aromatic ring is 1. The van der Waals surface area contributed by atoms with Crippen molar-refractivity contribution >= 4 is 50.9 Å². The van der Waals surface area contributed by atoms with Crippen LogP contribution < -0.4 is 10.5 Å². The van der Waals surface area contributed by atoms with Crippen LogP contribution in [0.5, 0.6) is 11.5 Å². The monoisotopic (exact) mass is 464 g/mol. The average Bonchev–Trinajstić information content (AvgIpc) is 2.84. The zero-order valence-corrected chi connectivity index (χ0v) is 17.7. The smallest absolute Gasteiger partial charge is 0.293 e. The van der Waals surface area contributed by atoms with Crippen LogP contribution in [0, 0.1) is 13.8 Å². The number of thioether (sulfide) groups is 1. The number of likely N-dealkylation sites (N-methyl/N-ethyl adjacent to an activating group) is 1. The molecule has 28 heavy (non-hydrogen) atoms. The summed E-state index contributed by atoms with van der Waals surface area (Å²) >= 11 is 4.21. The minimum atomic E-state index is -0.372. The molecule has 2 heterocycles. The van der Waals surface area contributed by atoms with Crippen molar-refractivity contribution in [1.29, 1.82) is 0 Å². The van der Waals surface area contributed by atoms with Crippen LogP contribution >= 0.6 is 27.7 Å². The van der Waals surface area contributed by atoms with Crippen molar-refractivity contribution in [2.24, 2.45) is 0 Å². The van der Waals surface area contributed by atoms with Gasteiger partial charge in [-0.2, -0.15) is 0 Å². The first-order chi connectivity index (χ1) is 13.2. The number of carbonyl (C=O) groups is 2. The molecule has 1 aliphatic rings. The molecule has 10 heteroatoms. The molecule has 0 saturated carbocycles. The largest absolute Gasteiger partial charge is 0.504 e. The van der Waals surface area contributed by atoms with E-state index in [1.165, 1.54) is 13.1 Å². The van der Waals surface area contributed by atoms with Crippen LogP contribution in [0.15, 0.2) is 21.5 Å². The predicted molar refractivity (Wildman–Crippen MR) is 110 cm³/mol. The van der Waals surface area contributed by atoms with Gasteiger partial charge in [-0.05, 0) is 49.4 Å². The molecule has 3 rings (SSSR count). The number of hydrogen-bond donors (Lipinski definition) is 2. The summed E-state index contributed by atoms with van der Waals surface area (Å²) in [6.07, 6.45) is 1.58.